The van der Waals surface area contributed by atoms with Crippen molar-refractivity contribution in [3.8, 4) is 11.5 Å². The van der Waals surface area contributed by atoms with Crippen molar-refractivity contribution in [1.82, 2.24) is 5.43 Å². The summed E-state index contributed by atoms with van der Waals surface area (Å²) in [6.07, 6.45) is 1.86. The third-order valence-electron chi connectivity index (χ3n) is 3.55. The van der Waals surface area contributed by atoms with Crippen LogP contribution in [-0.2, 0) is 9.59 Å². The molecule has 0 saturated carbocycles. The fraction of sp³-hybridized carbons (Fsp3) is 0.250. The molecule has 0 heterocycles. The molecule has 0 aliphatic rings. The maximum Gasteiger partial charge on any atom is 0.249 e. The summed E-state index contributed by atoms with van der Waals surface area (Å²) in [5.74, 6) is -0.420. The lowest BCUT2D eigenvalue weighted by atomic mass is 10.2. The van der Waals surface area contributed by atoms with Crippen LogP contribution in [0.4, 0.5) is 10.1 Å². The monoisotopic (exact) mass is 465 g/mol. The van der Waals surface area contributed by atoms with E-state index in [2.05, 4.69) is 31.8 Å². The van der Waals surface area contributed by atoms with Gasteiger partial charge in [0.1, 0.15) is 12.2 Å². The first kappa shape index (κ1) is 22.4. The minimum atomic E-state index is -0.588. The minimum absolute atomic E-state index is 0.398. The molecule has 0 aliphatic carbocycles. The molecule has 29 heavy (non-hydrogen) atoms. The number of hydrogen-bond acceptors (Lipinski definition) is 5. The van der Waals surface area contributed by atoms with Gasteiger partial charge >= 0.3 is 0 Å². The second kappa shape index (κ2) is 11.2. The number of nitrogens with one attached hydrogen (secondary N) is 2. The van der Waals surface area contributed by atoms with Gasteiger partial charge in [0, 0.05) is 5.69 Å². The maximum absolute atomic E-state index is 12.9. The molecule has 0 spiro atoms. The number of carbonyl (C=O) groups excluding carboxylic acids is 2. The number of amides is 2. The molecular weight excluding hydrogens is 445 g/mol. The highest BCUT2D eigenvalue weighted by atomic mass is 79.9. The van der Waals surface area contributed by atoms with Gasteiger partial charge in [0.2, 0.25) is 11.8 Å². The summed E-state index contributed by atoms with van der Waals surface area (Å²) in [6.45, 7) is 2.56. The van der Waals surface area contributed by atoms with Gasteiger partial charge in [0.05, 0.1) is 24.4 Å². The molecule has 2 amide bonds. The standard InChI is InChI=1S/C20H21BrFN3O4/c1-3-8-29-20-16(21)9-13(10-17(20)28-2)12-23-25-19(27)11-18(26)24-15-6-4-14(22)5-7-15/h4-7,9-10,12H,3,8,11H2,1-2H3,(H,24,26)(H,25,27). The predicted molar refractivity (Wildman–Crippen MR) is 112 cm³/mol. The molecule has 0 unspecified atom stereocenters. The normalized spacial score (nSPS) is 10.6. The van der Waals surface area contributed by atoms with E-state index in [1.165, 1.54) is 37.6 Å². The van der Waals surface area contributed by atoms with E-state index < -0.39 is 24.1 Å². The third-order valence-corrected chi connectivity index (χ3v) is 4.14. The molecule has 7 nitrogen and oxygen atoms in total. The van der Waals surface area contributed by atoms with E-state index in [-0.39, 0.29) is 0 Å². The molecule has 0 bridgehead atoms. The van der Waals surface area contributed by atoms with E-state index in [9.17, 15) is 14.0 Å². The fourth-order valence-electron chi connectivity index (χ4n) is 2.26. The zero-order valence-electron chi connectivity index (χ0n) is 16.0. The van der Waals surface area contributed by atoms with Crippen LogP contribution >= 0.6 is 15.9 Å². The molecule has 0 radical (unpaired) electrons. The Labute approximate surface area is 176 Å². The van der Waals surface area contributed by atoms with E-state index in [1.54, 1.807) is 12.1 Å². The van der Waals surface area contributed by atoms with Crippen LogP contribution in [0, 0.1) is 5.82 Å². The molecule has 154 valence electrons. The Balaban J connectivity index is 1.91. The largest absolute Gasteiger partial charge is 0.493 e. The highest BCUT2D eigenvalue weighted by molar-refractivity contribution is 9.10. The van der Waals surface area contributed by atoms with E-state index in [1.807, 2.05) is 6.92 Å². The Hall–Kier alpha value is -2.94. The van der Waals surface area contributed by atoms with Crippen LogP contribution in [0.3, 0.4) is 0 Å². The third kappa shape index (κ3) is 7.19. The molecule has 0 fully saturated rings. The van der Waals surface area contributed by atoms with Crippen molar-refractivity contribution in [2.45, 2.75) is 19.8 Å². The molecule has 0 aliphatic heterocycles. The van der Waals surface area contributed by atoms with Crippen molar-refractivity contribution in [2.24, 2.45) is 5.10 Å². The van der Waals surface area contributed by atoms with Gasteiger partial charge in [-0.25, -0.2) is 9.82 Å². The fourth-order valence-corrected chi connectivity index (χ4v) is 2.84. The molecule has 9 heteroatoms. The van der Waals surface area contributed by atoms with Crippen LogP contribution in [-0.4, -0.2) is 31.7 Å². The zero-order chi connectivity index (χ0) is 21.2. The molecule has 2 rings (SSSR count). The van der Waals surface area contributed by atoms with Crippen molar-refractivity contribution in [2.75, 3.05) is 19.0 Å². The molecule has 2 aromatic carbocycles. The zero-order valence-corrected chi connectivity index (χ0v) is 17.6. The van der Waals surface area contributed by atoms with Crippen LogP contribution in [0.25, 0.3) is 0 Å². The highest BCUT2D eigenvalue weighted by Crippen LogP contribution is 2.36. The van der Waals surface area contributed by atoms with E-state index in [4.69, 9.17) is 9.47 Å². The van der Waals surface area contributed by atoms with E-state index >= 15 is 0 Å². The minimum Gasteiger partial charge on any atom is -0.493 e. The van der Waals surface area contributed by atoms with Crippen molar-refractivity contribution in [1.29, 1.82) is 0 Å². The Bertz CT molecular complexity index is 888. The van der Waals surface area contributed by atoms with E-state index in [0.717, 1.165) is 6.42 Å². The van der Waals surface area contributed by atoms with Gasteiger partial charge in [-0.05, 0) is 64.3 Å². The van der Waals surface area contributed by atoms with Gasteiger partial charge in [-0.15, -0.1) is 0 Å². The van der Waals surface area contributed by atoms with Gasteiger partial charge in [-0.2, -0.15) is 5.10 Å². The molecule has 2 aromatic rings. The second-order valence-corrected chi connectivity index (χ2v) is 6.76. The number of halogens is 2. The summed E-state index contributed by atoms with van der Waals surface area (Å²) in [4.78, 5) is 23.7. The van der Waals surface area contributed by atoms with Crippen LogP contribution in [0.5, 0.6) is 11.5 Å². The van der Waals surface area contributed by atoms with Crippen LogP contribution in [0.15, 0.2) is 46.0 Å². The van der Waals surface area contributed by atoms with Crippen LogP contribution in [0.1, 0.15) is 25.3 Å². The maximum atomic E-state index is 12.9. The Morgan fingerprint density at radius 3 is 2.59 bits per heavy atom. The first-order chi connectivity index (χ1) is 13.9. The predicted octanol–water partition coefficient (Wildman–Crippen LogP) is 3.86. The summed E-state index contributed by atoms with van der Waals surface area (Å²) in [5, 5.41) is 6.35. The number of nitrogens with zero attached hydrogens (tertiary/aromatic N) is 1. The van der Waals surface area contributed by atoms with Gasteiger partial charge in [0.25, 0.3) is 0 Å². The summed E-state index contributed by atoms with van der Waals surface area (Å²) in [7, 11) is 1.53. The molecule has 0 saturated heterocycles. The lowest BCUT2D eigenvalue weighted by Gasteiger charge is -2.12. The van der Waals surface area contributed by atoms with Crippen LogP contribution < -0.4 is 20.2 Å². The molecule has 2 N–H and O–H groups in total. The van der Waals surface area contributed by atoms with Crippen molar-refractivity contribution < 1.29 is 23.5 Å². The number of carbonyl (C=O) groups is 2. The number of hydrazone groups is 1. The topological polar surface area (TPSA) is 89.0 Å². The summed E-state index contributed by atoms with van der Waals surface area (Å²) in [5.41, 5.74) is 3.34. The van der Waals surface area contributed by atoms with Crippen molar-refractivity contribution in [3.63, 3.8) is 0 Å². The van der Waals surface area contributed by atoms with Crippen LogP contribution in [0.2, 0.25) is 0 Å². The summed E-state index contributed by atoms with van der Waals surface area (Å²) < 4.78 is 24.5. The van der Waals surface area contributed by atoms with Gasteiger partial charge in [-0.1, -0.05) is 6.92 Å². The SMILES string of the molecule is CCCOc1c(Br)cc(C=NNC(=O)CC(=O)Nc2ccc(F)cc2)cc1OC. The number of anilines is 1. The average molecular weight is 466 g/mol. The summed E-state index contributed by atoms with van der Waals surface area (Å²) >= 11 is 3.43. The second-order valence-electron chi connectivity index (χ2n) is 5.91. The first-order valence-electron chi connectivity index (χ1n) is 8.80. The Kier molecular flexibility index (Phi) is 8.60. The number of ether oxygens (including phenoxy) is 2. The summed E-state index contributed by atoms with van der Waals surface area (Å²) in [6, 6.07) is 8.72. The van der Waals surface area contributed by atoms with Gasteiger partial charge < -0.3 is 14.8 Å². The lowest BCUT2D eigenvalue weighted by Crippen LogP contribution is -2.24. The molecular formula is C20H21BrFN3O4. The van der Waals surface area contributed by atoms with Crippen molar-refractivity contribution in [3.05, 3.63) is 52.3 Å². The van der Waals surface area contributed by atoms with E-state index in [0.29, 0.717) is 33.8 Å². The molecule has 0 aromatic heterocycles. The quantitative estimate of drug-likeness (QED) is 0.334. The van der Waals surface area contributed by atoms with Gasteiger partial charge in [-0.3, -0.25) is 9.59 Å². The number of rotatable bonds is 9. The Morgan fingerprint density at radius 1 is 1.21 bits per heavy atom. The first-order valence-corrected chi connectivity index (χ1v) is 9.60. The smallest absolute Gasteiger partial charge is 0.249 e. The van der Waals surface area contributed by atoms with Crippen molar-refractivity contribution >= 4 is 39.6 Å². The van der Waals surface area contributed by atoms with Gasteiger partial charge in [0.15, 0.2) is 11.5 Å². The number of benzene rings is 2. The average Bonchev–Trinajstić information content (AvgIpc) is 2.68. The number of methoxy groups -OCH3 is 1. The number of hydrogen-bond donors (Lipinski definition) is 2. The lowest BCUT2D eigenvalue weighted by molar-refractivity contribution is -0.126. The molecule has 0 atom stereocenters. The Morgan fingerprint density at radius 2 is 1.93 bits per heavy atom. The highest BCUT2D eigenvalue weighted by Gasteiger charge is 2.12.